The van der Waals surface area contributed by atoms with Crippen molar-refractivity contribution in [2.24, 2.45) is 0 Å². The number of nitrogens with zero attached hydrogens (tertiary/aromatic N) is 3. The minimum atomic E-state index is -0.227. The number of carbonyl (C=O) groups is 1. The van der Waals surface area contributed by atoms with Crippen molar-refractivity contribution in [3.05, 3.63) is 89.9 Å². The van der Waals surface area contributed by atoms with Crippen molar-refractivity contribution >= 4 is 11.7 Å². The van der Waals surface area contributed by atoms with E-state index in [2.05, 4.69) is 46.2 Å². The number of benzene rings is 2. The lowest BCUT2D eigenvalue weighted by Crippen LogP contribution is -2.32. The van der Waals surface area contributed by atoms with Crippen molar-refractivity contribution < 1.29 is 4.79 Å². The Morgan fingerprint density at radius 1 is 0.929 bits per heavy atom. The molecule has 1 amide bonds. The van der Waals surface area contributed by atoms with Crippen LogP contribution in [-0.2, 0) is 6.54 Å². The lowest BCUT2D eigenvalue weighted by Gasteiger charge is -2.27. The van der Waals surface area contributed by atoms with E-state index in [1.165, 1.54) is 5.56 Å². The second-order valence-electron chi connectivity index (χ2n) is 7.07. The van der Waals surface area contributed by atoms with Crippen LogP contribution in [0.4, 0.5) is 5.82 Å². The summed E-state index contributed by atoms with van der Waals surface area (Å²) < 4.78 is 0. The summed E-state index contributed by atoms with van der Waals surface area (Å²) in [6.45, 7) is 6.93. The van der Waals surface area contributed by atoms with Gasteiger partial charge in [-0.05, 0) is 31.9 Å². The third kappa shape index (κ3) is 4.94. The van der Waals surface area contributed by atoms with Crippen LogP contribution in [0.15, 0.2) is 73.1 Å². The van der Waals surface area contributed by atoms with Gasteiger partial charge >= 0.3 is 0 Å². The van der Waals surface area contributed by atoms with Crippen molar-refractivity contribution in [1.29, 1.82) is 0 Å². The third-order valence-electron chi connectivity index (χ3n) is 4.63. The summed E-state index contributed by atoms with van der Waals surface area (Å²) in [4.78, 5) is 23.5. The zero-order valence-electron chi connectivity index (χ0n) is 16.5. The molecule has 0 saturated carbocycles. The summed E-state index contributed by atoms with van der Waals surface area (Å²) >= 11 is 0. The highest BCUT2D eigenvalue weighted by Gasteiger charge is 2.16. The van der Waals surface area contributed by atoms with Gasteiger partial charge in [0.1, 0.15) is 11.5 Å². The van der Waals surface area contributed by atoms with Crippen molar-refractivity contribution in [3.63, 3.8) is 0 Å². The highest BCUT2D eigenvalue weighted by molar-refractivity contribution is 5.92. The van der Waals surface area contributed by atoms with E-state index in [1.54, 1.807) is 12.4 Å². The molecule has 0 saturated heterocycles. The fraction of sp³-hybridized carbons (Fsp3) is 0.261. The third-order valence-corrected chi connectivity index (χ3v) is 4.63. The first-order chi connectivity index (χ1) is 13.5. The fourth-order valence-electron chi connectivity index (χ4n) is 2.99. The minimum absolute atomic E-state index is 0.0968. The molecular weight excluding hydrogens is 348 g/mol. The number of amides is 1. The molecule has 144 valence electrons. The minimum Gasteiger partial charge on any atom is -0.349 e. The summed E-state index contributed by atoms with van der Waals surface area (Å²) in [7, 11) is 0. The van der Waals surface area contributed by atoms with Crippen LogP contribution < -0.4 is 10.2 Å². The molecule has 0 aliphatic rings. The molecule has 1 heterocycles. The summed E-state index contributed by atoms with van der Waals surface area (Å²) in [6, 6.07) is 20.3. The second-order valence-corrected chi connectivity index (χ2v) is 7.07. The molecule has 0 aliphatic carbocycles. The van der Waals surface area contributed by atoms with Crippen molar-refractivity contribution in [1.82, 2.24) is 15.3 Å². The van der Waals surface area contributed by atoms with Gasteiger partial charge in [0.25, 0.3) is 5.91 Å². The van der Waals surface area contributed by atoms with Gasteiger partial charge in [0.2, 0.25) is 0 Å². The summed E-state index contributed by atoms with van der Waals surface area (Å²) in [5, 5.41) is 2.97. The topological polar surface area (TPSA) is 58.1 Å². The zero-order valence-corrected chi connectivity index (χ0v) is 16.5. The number of hydrogen-bond donors (Lipinski definition) is 1. The van der Waals surface area contributed by atoms with E-state index in [9.17, 15) is 4.79 Å². The van der Waals surface area contributed by atoms with E-state index >= 15 is 0 Å². The van der Waals surface area contributed by atoms with Crippen molar-refractivity contribution in [3.8, 4) is 0 Å². The van der Waals surface area contributed by atoms with Gasteiger partial charge in [0.05, 0.1) is 18.4 Å². The molecule has 0 spiro atoms. The average Bonchev–Trinajstić information content (AvgIpc) is 2.73. The fourth-order valence-corrected chi connectivity index (χ4v) is 2.99. The molecule has 0 radical (unpaired) electrons. The molecule has 5 heteroatoms. The van der Waals surface area contributed by atoms with Crippen LogP contribution in [0.2, 0.25) is 0 Å². The molecule has 3 rings (SSSR count). The van der Waals surface area contributed by atoms with Gasteiger partial charge in [-0.25, -0.2) is 9.97 Å². The van der Waals surface area contributed by atoms with E-state index in [4.69, 9.17) is 0 Å². The van der Waals surface area contributed by atoms with Crippen LogP contribution in [0.1, 0.15) is 48.4 Å². The Kier molecular flexibility index (Phi) is 6.37. The van der Waals surface area contributed by atoms with Gasteiger partial charge in [-0.2, -0.15) is 0 Å². The zero-order chi connectivity index (χ0) is 19.9. The van der Waals surface area contributed by atoms with Crippen molar-refractivity contribution in [2.45, 2.75) is 39.4 Å². The molecular formula is C23H26N4O. The van der Waals surface area contributed by atoms with Crippen LogP contribution >= 0.6 is 0 Å². The Morgan fingerprint density at radius 3 is 2.14 bits per heavy atom. The Balaban J connectivity index is 1.69. The number of anilines is 1. The highest BCUT2D eigenvalue weighted by Crippen LogP contribution is 2.17. The lowest BCUT2D eigenvalue weighted by atomic mass is 10.1. The number of rotatable bonds is 7. The molecule has 0 aliphatic heterocycles. The van der Waals surface area contributed by atoms with Gasteiger partial charge in [0.15, 0.2) is 0 Å². The summed E-state index contributed by atoms with van der Waals surface area (Å²) in [5.74, 6) is 0.529. The second kappa shape index (κ2) is 9.13. The van der Waals surface area contributed by atoms with Crippen LogP contribution in [0.3, 0.4) is 0 Å². The maximum atomic E-state index is 12.5. The number of hydrogen-bond acceptors (Lipinski definition) is 4. The predicted octanol–water partition coefficient (Wildman–Crippen LogP) is 4.38. The summed E-state index contributed by atoms with van der Waals surface area (Å²) in [6.07, 6.45) is 3.22. The van der Waals surface area contributed by atoms with Gasteiger partial charge in [-0.15, -0.1) is 0 Å². The van der Waals surface area contributed by atoms with E-state index in [0.29, 0.717) is 5.69 Å². The maximum absolute atomic E-state index is 12.5. The Hall–Kier alpha value is -3.21. The standard InChI is InChI=1S/C23H26N4O/c1-17(2)27(16-19-10-6-4-7-11-19)22-15-24-21(14-25-22)23(28)26-18(3)20-12-8-5-9-13-20/h4-15,17-18H,16H2,1-3H3,(H,26,28). The first-order valence-electron chi connectivity index (χ1n) is 9.53. The first kappa shape index (κ1) is 19.5. The highest BCUT2D eigenvalue weighted by atomic mass is 16.1. The van der Waals surface area contributed by atoms with Gasteiger partial charge in [-0.3, -0.25) is 4.79 Å². The molecule has 1 unspecified atom stereocenters. The number of carbonyl (C=O) groups excluding carboxylic acids is 1. The molecule has 28 heavy (non-hydrogen) atoms. The SMILES string of the molecule is CC(NC(=O)c1cnc(N(Cc2ccccc2)C(C)C)cn1)c1ccccc1. The van der Waals surface area contributed by atoms with Crippen molar-refractivity contribution in [2.75, 3.05) is 4.90 Å². The van der Waals surface area contributed by atoms with Crippen LogP contribution in [0.25, 0.3) is 0 Å². The molecule has 1 atom stereocenters. The number of aromatic nitrogens is 2. The predicted molar refractivity (Wildman–Crippen MR) is 112 cm³/mol. The first-order valence-corrected chi connectivity index (χ1v) is 9.53. The largest absolute Gasteiger partial charge is 0.349 e. The quantitative estimate of drug-likeness (QED) is 0.667. The molecule has 0 fully saturated rings. The molecule has 0 bridgehead atoms. The summed E-state index contributed by atoms with van der Waals surface area (Å²) in [5.41, 5.74) is 2.57. The Labute approximate surface area is 166 Å². The van der Waals surface area contributed by atoms with E-state index < -0.39 is 0 Å². The molecule has 3 aromatic rings. The lowest BCUT2D eigenvalue weighted by molar-refractivity contribution is 0.0934. The average molecular weight is 374 g/mol. The Bertz CT molecular complexity index is 879. The Morgan fingerprint density at radius 2 is 1.57 bits per heavy atom. The van der Waals surface area contributed by atoms with Gasteiger partial charge in [-0.1, -0.05) is 60.7 Å². The van der Waals surface area contributed by atoms with E-state index in [0.717, 1.165) is 17.9 Å². The van der Waals surface area contributed by atoms with Gasteiger partial charge in [0, 0.05) is 12.6 Å². The number of nitrogens with one attached hydrogen (secondary N) is 1. The molecule has 2 aromatic carbocycles. The van der Waals surface area contributed by atoms with Crippen LogP contribution in [0.5, 0.6) is 0 Å². The molecule has 1 N–H and O–H groups in total. The van der Waals surface area contributed by atoms with Crippen LogP contribution in [0, 0.1) is 0 Å². The monoisotopic (exact) mass is 374 g/mol. The maximum Gasteiger partial charge on any atom is 0.271 e. The van der Waals surface area contributed by atoms with E-state index in [1.807, 2.05) is 55.5 Å². The molecule has 1 aromatic heterocycles. The smallest absolute Gasteiger partial charge is 0.271 e. The van der Waals surface area contributed by atoms with Gasteiger partial charge < -0.3 is 10.2 Å². The van der Waals surface area contributed by atoms with Crippen LogP contribution in [-0.4, -0.2) is 21.9 Å². The van der Waals surface area contributed by atoms with E-state index in [-0.39, 0.29) is 18.0 Å². The molecule has 5 nitrogen and oxygen atoms in total. The normalized spacial score (nSPS) is 11.9.